The Morgan fingerprint density at radius 1 is 0.744 bits per heavy atom. The van der Waals surface area contributed by atoms with Crippen LogP contribution in [0.4, 0.5) is 11.9 Å². The molecule has 2 heterocycles. The van der Waals surface area contributed by atoms with Crippen LogP contribution in [0.3, 0.4) is 0 Å². The maximum atomic E-state index is 6.22. The molecule has 0 aliphatic carbocycles. The molecule has 0 radical (unpaired) electrons. The summed E-state index contributed by atoms with van der Waals surface area (Å²) in [5.41, 5.74) is 9.10. The second-order valence-electron chi connectivity index (χ2n) is 10.4. The largest absolute Gasteiger partial charge is 0.378 e. The molecule has 1 aliphatic heterocycles. The normalized spacial score (nSPS) is 14.5. The molecule has 0 spiro atoms. The molecule has 1 unspecified atom stereocenters. The van der Waals surface area contributed by atoms with E-state index < -0.39 is 0 Å². The van der Waals surface area contributed by atoms with Crippen molar-refractivity contribution >= 4 is 23.5 Å². The van der Waals surface area contributed by atoms with Crippen LogP contribution in [0.5, 0.6) is 0 Å². The Bertz CT molecular complexity index is 1370. The molecule has 3 N–H and O–H groups in total. The predicted molar refractivity (Wildman–Crippen MR) is 172 cm³/mol. The number of ether oxygens (including phenoxy) is 2. The van der Waals surface area contributed by atoms with Crippen molar-refractivity contribution in [3.63, 3.8) is 0 Å². The number of hydrogen-bond acceptors (Lipinski definition) is 9. The van der Waals surface area contributed by atoms with Gasteiger partial charge in [-0.25, -0.2) is 0 Å². The van der Waals surface area contributed by atoms with Gasteiger partial charge in [0, 0.05) is 50.7 Å². The van der Waals surface area contributed by atoms with Crippen LogP contribution in [-0.4, -0.2) is 85.5 Å². The molecular weight excluding hydrogens is 562 g/mol. The first kappa shape index (κ1) is 30.8. The van der Waals surface area contributed by atoms with Crippen molar-refractivity contribution < 1.29 is 9.47 Å². The van der Waals surface area contributed by atoms with Gasteiger partial charge in [0.25, 0.3) is 0 Å². The van der Waals surface area contributed by atoms with Crippen molar-refractivity contribution in [2.45, 2.75) is 12.5 Å². The molecule has 1 fully saturated rings. The Hall–Kier alpha value is -3.60. The number of nitrogens with zero attached hydrogens (tertiary/aromatic N) is 5. The summed E-state index contributed by atoms with van der Waals surface area (Å²) in [6.07, 6.45) is 0.632. The van der Waals surface area contributed by atoms with E-state index in [2.05, 4.69) is 69.7 Å². The molecule has 5 rings (SSSR count). The Morgan fingerprint density at radius 2 is 1.40 bits per heavy atom. The summed E-state index contributed by atoms with van der Waals surface area (Å²) >= 11 is 6.22. The van der Waals surface area contributed by atoms with Crippen LogP contribution in [0.2, 0.25) is 5.02 Å². The first-order chi connectivity index (χ1) is 21.2. The van der Waals surface area contributed by atoms with E-state index in [0.29, 0.717) is 57.8 Å². The molecule has 9 nitrogen and oxygen atoms in total. The number of benzene rings is 3. The SMILES string of the molecule is NCCOCCOCCNc1nc(Cc2ccccc2)nc(N2CCN(C(c3ccccc3)c3ccc(Cl)cc3)CC2)n1. The van der Waals surface area contributed by atoms with E-state index in [1.807, 2.05) is 30.3 Å². The second-order valence-corrected chi connectivity index (χ2v) is 10.8. The first-order valence-corrected chi connectivity index (χ1v) is 15.2. The number of aromatic nitrogens is 3. The van der Waals surface area contributed by atoms with Crippen LogP contribution in [0.25, 0.3) is 0 Å². The third-order valence-corrected chi connectivity index (χ3v) is 7.55. The minimum Gasteiger partial charge on any atom is -0.378 e. The van der Waals surface area contributed by atoms with E-state index in [9.17, 15) is 0 Å². The molecule has 43 heavy (non-hydrogen) atoms. The van der Waals surface area contributed by atoms with Gasteiger partial charge < -0.3 is 25.4 Å². The lowest BCUT2D eigenvalue weighted by Gasteiger charge is -2.39. The van der Waals surface area contributed by atoms with Gasteiger partial charge in [-0.2, -0.15) is 15.0 Å². The lowest BCUT2D eigenvalue weighted by Crippen LogP contribution is -2.48. The van der Waals surface area contributed by atoms with Crippen molar-refractivity contribution in [3.8, 4) is 0 Å². The average Bonchev–Trinajstić information content (AvgIpc) is 3.05. The van der Waals surface area contributed by atoms with Crippen LogP contribution in [0.15, 0.2) is 84.9 Å². The fourth-order valence-electron chi connectivity index (χ4n) is 5.20. The molecule has 3 aromatic carbocycles. The van der Waals surface area contributed by atoms with E-state index in [-0.39, 0.29) is 6.04 Å². The molecule has 0 saturated carbocycles. The van der Waals surface area contributed by atoms with Gasteiger partial charge in [-0.1, -0.05) is 84.4 Å². The molecule has 1 atom stereocenters. The van der Waals surface area contributed by atoms with Crippen molar-refractivity contribution in [2.75, 3.05) is 75.9 Å². The Kier molecular flexibility index (Phi) is 11.7. The molecule has 226 valence electrons. The summed E-state index contributed by atoms with van der Waals surface area (Å²) in [5, 5.41) is 4.08. The first-order valence-electron chi connectivity index (χ1n) is 14.9. The minimum atomic E-state index is 0.144. The van der Waals surface area contributed by atoms with Gasteiger partial charge in [-0.05, 0) is 28.8 Å². The summed E-state index contributed by atoms with van der Waals surface area (Å²) in [4.78, 5) is 19.2. The standard InChI is InChI=1S/C33H40ClN7O2/c34-29-13-11-28(12-14-29)31(27-9-5-2-6-10-27)40-17-19-41(20-18-40)33-38-30(25-26-7-3-1-4-8-26)37-32(39-33)36-16-22-43-24-23-42-21-15-35/h1-14,31H,15-25,35H2,(H,36,37,38,39). The quantitative estimate of drug-likeness (QED) is 0.192. The van der Waals surface area contributed by atoms with Crippen LogP contribution in [-0.2, 0) is 15.9 Å². The number of nitrogens with one attached hydrogen (secondary N) is 1. The zero-order chi connectivity index (χ0) is 29.7. The predicted octanol–water partition coefficient (Wildman–Crippen LogP) is 4.43. The lowest BCUT2D eigenvalue weighted by molar-refractivity contribution is 0.0547. The van der Waals surface area contributed by atoms with Crippen molar-refractivity contribution in [2.24, 2.45) is 5.73 Å². The smallest absolute Gasteiger partial charge is 0.230 e. The van der Waals surface area contributed by atoms with Crippen molar-refractivity contribution in [1.82, 2.24) is 19.9 Å². The Morgan fingerprint density at radius 3 is 2.09 bits per heavy atom. The Labute approximate surface area is 259 Å². The van der Waals surface area contributed by atoms with E-state index in [1.165, 1.54) is 11.1 Å². The maximum Gasteiger partial charge on any atom is 0.230 e. The van der Waals surface area contributed by atoms with Gasteiger partial charge in [-0.3, -0.25) is 4.90 Å². The van der Waals surface area contributed by atoms with E-state index in [0.717, 1.165) is 42.6 Å². The highest BCUT2D eigenvalue weighted by atomic mass is 35.5. The topological polar surface area (TPSA) is 102 Å². The van der Waals surface area contributed by atoms with Crippen molar-refractivity contribution in [1.29, 1.82) is 0 Å². The van der Waals surface area contributed by atoms with Crippen molar-refractivity contribution in [3.05, 3.63) is 112 Å². The van der Waals surface area contributed by atoms with Crippen LogP contribution >= 0.6 is 11.6 Å². The minimum absolute atomic E-state index is 0.144. The lowest BCUT2D eigenvalue weighted by atomic mass is 9.96. The fraction of sp³-hybridized carbons (Fsp3) is 0.364. The molecule has 10 heteroatoms. The molecule has 4 aromatic rings. The molecule has 1 saturated heterocycles. The summed E-state index contributed by atoms with van der Waals surface area (Å²) < 4.78 is 11.0. The maximum absolute atomic E-state index is 6.22. The van der Waals surface area contributed by atoms with Gasteiger partial charge in [0.05, 0.1) is 32.5 Å². The number of rotatable bonds is 15. The van der Waals surface area contributed by atoms with Gasteiger partial charge in [-0.15, -0.1) is 0 Å². The van der Waals surface area contributed by atoms with Gasteiger partial charge >= 0.3 is 0 Å². The number of nitrogens with two attached hydrogens (primary N) is 1. The zero-order valence-corrected chi connectivity index (χ0v) is 25.2. The molecule has 0 amide bonds. The van der Waals surface area contributed by atoms with Crippen LogP contribution in [0, 0.1) is 0 Å². The number of hydrogen-bond donors (Lipinski definition) is 2. The number of halogens is 1. The highest BCUT2D eigenvalue weighted by molar-refractivity contribution is 6.30. The van der Waals surface area contributed by atoms with E-state index >= 15 is 0 Å². The molecule has 1 aromatic heterocycles. The van der Waals surface area contributed by atoms with Crippen LogP contribution in [0.1, 0.15) is 28.6 Å². The molecule has 0 bridgehead atoms. The molecule has 1 aliphatic rings. The highest BCUT2D eigenvalue weighted by Crippen LogP contribution is 2.31. The second kappa shape index (κ2) is 16.3. The summed E-state index contributed by atoms with van der Waals surface area (Å²) in [5.74, 6) is 1.99. The van der Waals surface area contributed by atoms with Gasteiger partial charge in [0.2, 0.25) is 11.9 Å². The summed E-state index contributed by atoms with van der Waals surface area (Å²) in [6.45, 7) is 6.55. The molecular formula is C33H40ClN7O2. The third-order valence-electron chi connectivity index (χ3n) is 7.30. The number of anilines is 2. The zero-order valence-electron chi connectivity index (χ0n) is 24.4. The van der Waals surface area contributed by atoms with Gasteiger partial charge in [0.1, 0.15) is 5.82 Å². The van der Waals surface area contributed by atoms with Gasteiger partial charge in [0.15, 0.2) is 0 Å². The average molecular weight is 602 g/mol. The van der Waals surface area contributed by atoms with Crippen LogP contribution < -0.4 is 16.0 Å². The Balaban J connectivity index is 1.27. The fourth-order valence-corrected chi connectivity index (χ4v) is 5.33. The highest BCUT2D eigenvalue weighted by Gasteiger charge is 2.28. The monoisotopic (exact) mass is 601 g/mol. The summed E-state index contributed by atoms with van der Waals surface area (Å²) in [6, 6.07) is 29.3. The summed E-state index contributed by atoms with van der Waals surface area (Å²) in [7, 11) is 0. The van der Waals surface area contributed by atoms with E-state index in [4.69, 9.17) is 41.8 Å². The van der Waals surface area contributed by atoms with E-state index in [1.54, 1.807) is 0 Å². The number of piperazine rings is 1. The third kappa shape index (κ3) is 9.19.